The van der Waals surface area contributed by atoms with Crippen molar-refractivity contribution in [1.82, 2.24) is 9.88 Å². The van der Waals surface area contributed by atoms with E-state index in [1.807, 2.05) is 24.3 Å². The van der Waals surface area contributed by atoms with Crippen LogP contribution in [0.4, 0.5) is 5.82 Å². The highest BCUT2D eigenvalue weighted by atomic mass is 35.5. The molecule has 1 atom stereocenters. The van der Waals surface area contributed by atoms with E-state index in [0.29, 0.717) is 11.9 Å². The average Bonchev–Trinajstić information content (AvgIpc) is 2.49. The molecule has 1 unspecified atom stereocenters. The molecule has 1 fully saturated rings. The van der Waals surface area contributed by atoms with Gasteiger partial charge in [-0.3, -0.25) is 4.90 Å². The van der Waals surface area contributed by atoms with Gasteiger partial charge in [-0.2, -0.15) is 0 Å². The molecule has 2 heterocycles. The second-order valence-electron chi connectivity index (χ2n) is 5.62. The molecule has 21 heavy (non-hydrogen) atoms. The third kappa shape index (κ3) is 3.55. The van der Waals surface area contributed by atoms with E-state index in [-0.39, 0.29) is 0 Å². The van der Waals surface area contributed by atoms with Gasteiger partial charge in [0.2, 0.25) is 0 Å². The van der Waals surface area contributed by atoms with Gasteiger partial charge in [-0.15, -0.1) is 0 Å². The van der Waals surface area contributed by atoms with Crippen LogP contribution in [0.5, 0.6) is 0 Å². The van der Waals surface area contributed by atoms with Crippen molar-refractivity contribution in [1.29, 1.82) is 0 Å². The van der Waals surface area contributed by atoms with Gasteiger partial charge >= 0.3 is 0 Å². The summed E-state index contributed by atoms with van der Waals surface area (Å²) in [6.07, 6.45) is 5.51. The monoisotopic (exact) mass is 301 g/mol. The van der Waals surface area contributed by atoms with Crippen LogP contribution in [-0.4, -0.2) is 16.4 Å². The molecule has 2 aromatic rings. The maximum absolute atomic E-state index is 6.00. The molecule has 1 aliphatic heterocycles. The third-order valence-corrected chi connectivity index (χ3v) is 4.35. The molecule has 0 aliphatic carbocycles. The molecule has 0 bridgehead atoms. The number of halogens is 1. The molecule has 110 valence electrons. The van der Waals surface area contributed by atoms with Crippen molar-refractivity contribution in [2.24, 2.45) is 0 Å². The lowest BCUT2D eigenvalue weighted by atomic mass is 9.95. The number of nitrogens with zero attached hydrogens (tertiary/aromatic N) is 2. The summed E-state index contributed by atoms with van der Waals surface area (Å²) >= 11 is 6.00. The third-order valence-electron chi connectivity index (χ3n) is 4.10. The molecule has 3 nitrogen and oxygen atoms in total. The van der Waals surface area contributed by atoms with Crippen molar-refractivity contribution >= 4 is 17.4 Å². The van der Waals surface area contributed by atoms with Gasteiger partial charge in [0.15, 0.2) is 0 Å². The molecule has 0 saturated carbocycles. The van der Waals surface area contributed by atoms with Gasteiger partial charge in [0.25, 0.3) is 0 Å². The standard InChI is InChI=1S/C17H20ClN3/c18-15-6-4-14(5-7-15)16-3-1-2-10-21(16)12-13-8-9-20-17(19)11-13/h4-9,11,16H,1-3,10,12H2,(H2,19,20). The number of aromatic nitrogens is 1. The van der Waals surface area contributed by atoms with Crippen molar-refractivity contribution in [2.75, 3.05) is 12.3 Å². The zero-order chi connectivity index (χ0) is 14.7. The van der Waals surface area contributed by atoms with E-state index in [1.54, 1.807) is 6.20 Å². The Bertz CT molecular complexity index is 597. The maximum Gasteiger partial charge on any atom is 0.123 e. The summed E-state index contributed by atoms with van der Waals surface area (Å²) in [5.74, 6) is 0.590. The zero-order valence-corrected chi connectivity index (χ0v) is 12.8. The fourth-order valence-electron chi connectivity index (χ4n) is 3.07. The Hall–Kier alpha value is -1.58. The van der Waals surface area contributed by atoms with Gasteiger partial charge in [-0.25, -0.2) is 4.98 Å². The summed E-state index contributed by atoms with van der Waals surface area (Å²) in [6.45, 7) is 2.04. The van der Waals surface area contributed by atoms with Gasteiger partial charge in [0.1, 0.15) is 5.82 Å². The second kappa shape index (κ2) is 6.46. The van der Waals surface area contributed by atoms with Crippen LogP contribution in [0.2, 0.25) is 5.02 Å². The van der Waals surface area contributed by atoms with Crippen molar-refractivity contribution in [3.8, 4) is 0 Å². The first-order valence-corrected chi connectivity index (χ1v) is 7.80. The molecule has 1 saturated heterocycles. The summed E-state index contributed by atoms with van der Waals surface area (Å²) in [5, 5.41) is 0.794. The summed E-state index contributed by atoms with van der Waals surface area (Å²) in [6, 6.07) is 12.7. The van der Waals surface area contributed by atoms with E-state index >= 15 is 0 Å². The van der Waals surface area contributed by atoms with E-state index in [9.17, 15) is 0 Å². The Morgan fingerprint density at radius 2 is 2.00 bits per heavy atom. The predicted molar refractivity (Wildman–Crippen MR) is 87.1 cm³/mol. The van der Waals surface area contributed by atoms with E-state index in [0.717, 1.165) is 18.1 Å². The van der Waals surface area contributed by atoms with Gasteiger partial charge in [0, 0.05) is 23.8 Å². The fourth-order valence-corrected chi connectivity index (χ4v) is 3.20. The van der Waals surface area contributed by atoms with E-state index < -0.39 is 0 Å². The van der Waals surface area contributed by atoms with Crippen molar-refractivity contribution in [3.05, 3.63) is 58.7 Å². The Morgan fingerprint density at radius 3 is 2.76 bits per heavy atom. The van der Waals surface area contributed by atoms with Gasteiger partial charge in [-0.1, -0.05) is 30.2 Å². The smallest absolute Gasteiger partial charge is 0.123 e. The highest BCUT2D eigenvalue weighted by Crippen LogP contribution is 2.32. The van der Waals surface area contributed by atoms with Crippen molar-refractivity contribution < 1.29 is 0 Å². The number of hydrogen-bond donors (Lipinski definition) is 1. The largest absolute Gasteiger partial charge is 0.384 e. The lowest BCUT2D eigenvalue weighted by Gasteiger charge is -2.36. The minimum absolute atomic E-state index is 0.463. The van der Waals surface area contributed by atoms with Crippen LogP contribution in [-0.2, 0) is 6.54 Å². The zero-order valence-electron chi connectivity index (χ0n) is 12.0. The number of hydrogen-bond acceptors (Lipinski definition) is 3. The van der Waals surface area contributed by atoms with E-state index in [4.69, 9.17) is 17.3 Å². The summed E-state index contributed by atoms with van der Waals surface area (Å²) in [5.41, 5.74) is 8.36. The Labute approximate surface area is 130 Å². The summed E-state index contributed by atoms with van der Waals surface area (Å²) in [4.78, 5) is 6.59. The van der Waals surface area contributed by atoms with Crippen molar-refractivity contribution in [2.45, 2.75) is 31.8 Å². The number of likely N-dealkylation sites (tertiary alicyclic amines) is 1. The minimum atomic E-state index is 0.463. The fraction of sp³-hybridized carbons (Fsp3) is 0.353. The van der Waals surface area contributed by atoms with Crippen LogP contribution in [0.1, 0.15) is 36.4 Å². The highest BCUT2D eigenvalue weighted by molar-refractivity contribution is 6.30. The number of nitrogens with two attached hydrogens (primary N) is 1. The number of nitrogen functional groups attached to an aromatic ring is 1. The molecular formula is C17H20ClN3. The van der Waals surface area contributed by atoms with Crippen LogP contribution >= 0.6 is 11.6 Å². The molecule has 0 spiro atoms. The van der Waals surface area contributed by atoms with E-state index in [2.05, 4.69) is 22.0 Å². The predicted octanol–water partition coefficient (Wildman–Crippen LogP) is 4.04. The molecular weight excluding hydrogens is 282 g/mol. The molecule has 1 aromatic heterocycles. The Balaban J connectivity index is 1.79. The lowest BCUT2D eigenvalue weighted by molar-refractivity contribution is 0.140. The quantitative estimate of drug-likeness (QED) is 0.930. The molecule has 2 N–H and O–H groups in total. The lowest BCUT2D eigenvalue weighted by Crippen LogP contribution is -2.32. The summed E-state index contributed by atoms with van der Waals surface area (Å²) in [7, 11) is 0. The first kappa shape index (κ1) is 14.4. The normalized spacial score (nSPS) is 19.6. The first-order chi connectivity index (χ1) is 10.2. The average molecular weight is 302 g/mol. The first-order valence-electron chi connectivity index (χ1n) is 7.42. The Morgan fingerprint density at radius 1 is 1.19 bits per heavy atom. The topological polar surface area (TPSA) is 42.1 Å². The maximum atomic E-state index is 6.00. The van der Waals surface area contributed by atoms with Crippen LogP contribution < -0.4 is 5.73 Å². The van der Waals surface area contributed by atoms with Gasteiger partial charge in [0.05, 0.1) is 0 Å². The van der Waals surface area contributed by atoms with E-state index in [1.165, 1.54) is 30.4 Å². The molecule has 1 aliphatic rings. The molecule has 1 aromatic carbocycles. The van der Waals surface area contributed by atoms with Crippen LogP contribution in [0.15, 0.2) is 42.6 Å². The van der Waals surface area contributed by atoms with Crippen LogP contribution in [0, 0.1) is 0 Å². The Kier molecular flexibility index (Phi) is 4.42. The van der Waals surface area contributed by atoms with Crippen molar-refractivity contribution in [3.63, 3.8) is 0 Å². The number of piperidine rings is 1. The number of rotatable bonds is 3. The summed E-state index contributed by atoms with van der Waals surface area (Å²) < 4.78 is 0. The molecule has 0 amide bonds. The number of pyridine rings is 1. The van der Waals surface area contributed by atoms with Gasteiger partial charge in [-0.05, 0) is 54.8 Å². The number of anilines is 1. The molecule has 4 heteroatoms. The minimum Gasteiger partial charge on any atom is -0.384 e. The second-order valence-corrected chi connectivity index (χ2v) is 6.06. The van der Waals surface area contributed by atoms with Crippen LogP contribution in [0.3, 0.4) is 0 Å². The van der Waals surface area contributed by atoms with Gasteiger partial charge < -0.3 is 5.73 Å². The number of benzene rings is 1. The molecule has 3 rings (SSSR count). The molecule has 0 radical (unpaired) electrons. The highest BCUT2D eigenvalue weighted by Gasteiger charge is 2.23. The SMILES string of the molecule is Nc1cc(CN2CCCCC2c2ccc(Cl)cc2)ccn1. The van der Waals surface area contributed by atoms with Crippen LogP contribution in [0.25, 0.3) is 0 Å².